The molecule has 1 saturated heterocycles. The zero-order chi connectivity index (χ0) is 9.17. The predicted molar refractivity (Wildman–Crippen MR) is 55.0 cm³/mol. The molecule has 14 heavy (non-hydrogen) atoms. The van der Waals surface area contributed by atoms with Gasteiger partial charge in [0.05, 0.1) is 5.60 Å². The van der Waals surface area contributed by atoms with Crippen LogP contribution in [0.4, 0.5) is 0 Å². The average Bonchev–Trinajstić information content (AvgIpc) is 2.87. The van der Waals surface area contributed by atoms with Crippen LogP contribution in [0.5, 0.6) is 0 Å². The van der Waals surface area contributed by atoms with Crippen molar-refractivity contribution in [2.75, 3.05) is 6.61 Å². The Morgan fingerprint density at radius 1 is 1.07 bits per heavy atom. The molecule has 1 aliphatic heterocycles. The van der Waals surface area contributed by atoms with E-state index in [1.807, 2.05) is 0 Å². The van der Waals surface area contributed by atoms with Crippen LogP contribution in [0.15, 0.2) is 0 Å². The van der Waals surface area contributed by atoms with Crippen LogP contribution in [-0.2, 0) is 4.74 Å². The van der Waals surface area contributed by atoms with Crippen LogP contribution >= 0.6 is 0 Å². The monoisotopic (exact) mass is 192 g/mol. The molecule has 78 valence electrons. The summed E-state index contributed by atoms with van der Waals surface area (Å²) in [7, 11) is 0. The molecule has 0 N–H and O–H groups in total. The SMILES string of the molecule is C1CC2CC3CC(C2C1)C31CCCO1. The molecule has 0 aromatic carbocycles. The average molecular weight is 192 g/mol. The summed E-state index contributed by atoms with van der Waals surface area (Å²) in [5, 5.41) is 0. The van der Waals surface area contributed by atoms with E-state index in [4.69, 9.17) is 4.74 Å². The lowest BCUT2D eigenvalue weighted by molar-refractivity contribution is -0.217. The Balaban J connectivity index is 1.67. The zero-order valence-electron chi connectivity index (χ0n) is 8.87. The van der Waals surface area contributed by atoms with Crippen LogP contribution in [0.2, 0.25) is 0 Å². The minimum atomic E-state index is 0.422. The molecule has 4 aliphatic carbocycles. The highest BCUT2D eigenvalue weighted by Crippen LogP contribution is 2.66. The molecule has 5 atom stereocenters. The van der Waals surface area contributed by atoms with Crippen LogP contribution < -0.4 is 0 Å². The molecule has 2 bridgehead atoms. The Labute approximate surface area is 86.2 Å². The van der Waals surface area contributed by atoms with E-state index in [1.54, 1.807) is 0 Å². The van der Waals surface area contributed by atoms with E-state index in [1.165, 1.54) is 44.9 Å². The Morgan fingerprint density at radius 3 is 2.93 bits per heavy atom. The third-order valence-electron chi connectivity index (χ3n) is 5.76. The van der Waals surface area contributed by atoms with Crippen molar-refractivity contribution in [2.24, 2.45) is 23.7 Å². The number of rotatable bonds is 0. The molecule has 5 unspecified atom stereocenters. The molecule has 1 spiro atoms. The molecular weight excluding hydrogens is 172 g/mol. The normalized spacial score (nSPS) is 60.0. The first-order chi connectivity index (χ1) is 6.90. The second-order valence-electron chi connectivity index (χ2n) is 6.04. The Kier molecular flexibility index (Phi) is 1.49. The van der Waals surface area contributed by atoms with E-state index >= 15 is 0 Å². The lowest BCUT2D eigenvalue weighted by atomic mass is 9.47. The van der Waals surface area contributed by atoms with Gasteiger partial charge in [-0.25, -0.2) is 0 Å². The van der Waals surface area contributed by atoms with Gasteiger partial charge in [0.1, 0.15) is 0 Å². The summed E-state index contributed by atoms with van der Waals surface area (Å²) in [4.78, 5) is 0. The molecule has 4 saturated carbocycles. The fourth-order valence-electron chi connectivity index (χ4n) is 5.23. The highest BCUT2D eigenvalue weighted by molar-refractivity contribution is 5.14. The standard InChI is InChI=1S/C13H20O/c1-3-9-7-10-8-12(11(9)4-1)13(10)5-2-6-14-13/h9-12H,1-8H2. The van der Waals surface area contributed by atoms with Crippen molar-refractivity contribution in [1.29, 1.82) is 0 Å². The first kappa shape index (κ1) is 8.15. The largest absolute Gasteiger partial charge is 0.374 e. The molecular formula is C13H20O. The van der Waals surface area contributed by atoms with E-state index in [0.29, 0.717) is 5.60 Å². The Bertz CT molecular complexity index is 254. The summed E-state index contributed by atoms with van der Waals surface area (Å²) >= 11 is 0. The van der Waals surface area contributed by atoms with Crippen molar-refractivity contribution in [3.63, 3.8) is 0 Å². The third kappa shape index (κ3) is 0.778. The zero-order valence-corrected chi connectivity index (χ0v) is 8.87. The molecule has 5 aliphatic rings. The van der Waals surface area contributed by atoms with E-state index in [-0.39, 0.29) is 0 Å². The van der Waals surface area contributed by atoms with E-state index in [0.717, 1.165) is 30.3 Å². The minimum Gasteiger partial charge on any atom is -0.374 e. The number of ether oxygens (including phenoxy) is 1. The fraction of sp³-hybridized carbons (Fsp3) is 1.00. The van der Waals surface area contributed by atoms with Crippen molar-refractivity contribution in [3.05, 3.63) is 0 Å². The number of hydrogen-bond donors (Lipinski definition) is 0. The topological polar surface area (TPSA) is 9.23 Å². The van der Waals surface area contributed by atoms with Gasteiger partial charge in [-0.3, -0.25) is 0 Å². The lowest BCUT2D eigenvalue weighted by Gasteiger charge is -2.62. The second-order valence-corrected chi connectivity index (χ2v) is 6.04. The molecule has 5 fully saturated rings. The quantitative estimate of drug-likeness (QED) is 0.573. The molecule has 5 rings (SSSR count). The van der Waals surface area contributed by atoms with Gasteiger partial charge in [0, 0.05) is 6.61 Å². The maximum atomic E-state index is 6.15. The van der Waals surface area contributed by atoms with Gasteiger partial charge in [-0.15, -0.1) is 0 Å². The Morgan fingerprint density at radius 2 is 2.07 bits per heavy atom. The van der Waals surface area contributed by atoms with Crippen molar-refractivity contribution < 1.29 is 4.74 Å². The van der Waals surface area contributed by atoms with Gasteiger partial charge in [0.25, 0.3) is 0 Å². The highest BCUT2D eigenvalue weighted by Gasteiger charge is 2.64. The molecule has 0 aromatic heterocycles. The van der Waals surface area contributed by atoms with Gasteiger partial charge in [-0.05, 0) is 55.8 Å². The van der Waals surface area contributed by atoms with Crippen LogP contribution in [0.25, 0.3) is 0 Å². The maximum absolute atomic E-state index is 6.15. The third-order valence-corrected chi connectivity index (χ3v) is 5.76. The summed E-state index contributed by atoms with van der Waals surface area (Å²) in [6, 6.07) is 0. The van der Waals surface area contributed by atoms with E-state index in [2.05, 4.69) is 0 Å². The van der Waals surface area contributed by atoms with Gasteiger partial charge in [0.15, 0.2) is 0 Å². The first-order valence-electron chi connectivity index (χ1n) is 6.54. The minimum absolute atomic E-state index is 0.422. The van der Waals surface area contributed by atoms with Crippen LogP contribution in [-0.4, -0.2) is 12.2 Å². The second kappa shape index (κ2) is 2.55. The molecule has 1 heterocycles. The predicted octanol–water partition coefficient (Wildman–Crippen LogP) is 2.99. The van der Waals surface area contributed by atoms with Crippen molar-refractivity contribution in [2.45, 2.75) is 50.5 Å². The summed E-state index contributed by atoms with van der Waals surface area (Å²) in [5.41, 5.74) is 0.422. The van der Waals surface area contributed by atoms with Gasteiger partial charge >= 0.3 is 0 Å². The highest BCUT2D eigenvalue weighted by atomic mass is 16.5. The fourth-order valence-corrected chi connectivity index (χ4v) is 5.23. The van der Waals surface area contributed by atoms with Gasteiger partial charge in [-0.1, -0.05) is 12.8 Å². The van der Waals surface area contributed by atoms with Gasteiger partial charge in [0.2, 0.25) is 0 Å². The van der Waals surface area contributed by atoms with Crippen molar-refractivity contribution in [3.8, 4) is 0 Å². The molecule has 0 aromatic rings. The summed E-state index contributed by atoms with van der Waals surface area (Å²) < 4.78 is 6.15. The van der Waals surface area contributed by atoms with Crippen LogP contribution in [0.1, 0.15) is 44.9 Å². The van der Waals surface area contributed by atoms with Crippen LogP contribution in [0.3, 0.4) is 0 Å². The van der Waals surface area contributed by atoms with Gasteiger partial charge in [-0.2, -0.15) is 0 Å². The summed E-state index contributed by atoms with van der Waals surface area (Å²) in [5.74, 6) is 4.12. The van der Waals surface area contributed by atoms with Crippen molar-refractivity contribution >= 4 is 0 Å². The molecule has 0 radical (unpaired) electrons. The van der Waals surface area contributed by atoms with Gasteiger partial charge < -0.3 is 4.74 Å². The summed E-state index contributed by atoms with van der Waals surface area (Å²) in [6.45, 7) is 1.06. The lowest BCUT2D eigenvalue weighted by Crippen LogP contribution is -2.62. The molecule has 0 amide bonds. The molecule has 1 nitrogen and oxygen atoms in total. The van der Waals surface area contributed by atoms with Crippen molar-refractivity contribution in [1.82, 2.24) is 0 Å². The first-order valence-corrected chi connectivity index (χ1v) is 6.54. The molecule has 1 heteroatoms. The Hall–Kier alpha value is -0.0400. The number of hydrogen-bond acceptors (Lipinski definition) is 1. The van der Waals surface area contributed by atoms with E-state index in [9.17, 15) is 0 Å². The maximum Gasteiger partial charge on any atom is 0.0742 e. The van der Waals surface area contributed by atoms with E-state index < -0.39 is 0 Å². The smallest absolute Gasteiger partial charge is 0.0742 e. The summed E-state index contributed by atoms with van der Waals surface area (Å²) in [6.07, 6.45) is 10.3. The van der Waals surface area contributed by atoms with Crippen LogP contribution in [0, 0.1) is 23.7 Å².